The van der Waals surface area contributed by atoms with Crippen LogP contribution in [0.1, 0.15) is 54.4 Å². The van der Waals surface area contributed by atoms with Crippen LogP contribution >= 0.6 is 0 Å². The molecule has 21 heavy (non-hydrogen) atoms. The first-order valence-electron chi connectivity index (χ1n) is 6.72. The highest BCUT2D eigenvalue weighted by Gasteiger charge is 2.28. The first-order chi connectivity index (χ1) is 9.30. The first kappa shape index (κ1) is 19.2. The summed E-state index contributed by atoms with van der Waals surface area (Å²) in [6, 6.07) is -1.10. The Morgan fingerprint density at radius 3 is 1.86 bits per heavy atom. The second kappa shape index (κ2) is 7.28. The van der Waals surface area contributed by atoms with Crippen molar-refractivity contribution in [1.29, 1.82) is 0 Å². The van der Waals surface area contributed by atoms with Crippen molar-refractivity contribution in [2.24, 2.45) is 0 Å². The quantitative estimate of drug-likeness (QED) is 0.751. The van der Waals surface area contributed by atoms with Gasteiger partial charge in [0.15, 0.2) is 0 Å². The third-order valence-electron chi connectivity index (χ3n) is 2.02. The van der Waals surface area contributed by atoms with Gasteiger partial charge in [0.1, 0.15) is 17.2 Å². The Morgan fingerprint density at radius 1 is 1.00 bits per heavy atom. The first-order valence-corrected chi connectivity index (χ1v) is 6.72. The third-order valence-corrected chi connectivity index (χ3v) is 2.02. The maximum Gasteiger partial charge on any atom is 0.408 e. The van der Waals surface area contributed by atoms with Crippen molar-refractivity contribution in [1.82, 2.24) is 5.32 Å². The zero-order chi connectivity index (χ0) is 16.8. The molecule has 1 N–H and O–H groups in total. The highest BCUT2D eigenvalue weighted by molar-refractivity contribution is 5.82. The molecule has 1 amide bonds. The largest absolute Gasteiger partial charge is 0.550 e. The number of alkyl carbamates (subject to hydrolysis) is 1. The number of carbonyl (C=O) groups excluding carboxylic acids is 3. The van der Waals surface area contributed by atoms with Crippen molar-refractivity contribution in [3.63, 3.8) is 0 Å². The van der Waals surface area contributed by atoms with Crippen molar-refractivity contribution in [3.8, 4) is 0 Å². The number of carboxylic acid groups (broad SMARTS) is 1. The summed E-state index contributed by atoms with van der Waals surface area (Å²) in [5, 5.41) is 12.8. The summed E-state index contributed by atoms with van der Waals surface area (Å²) in [4.78, 5) is 34.2. The van der Waals surface area contributed by atoms with Crippen LogP contribution in [-0.4, -0.2) is 35.3 Å². The molecule has 122 valence electrons. The van der Waals surface area contributed by atoms with Gasteiger partial charge in [0.2, 0.25) is 0 Å². The Labute approximate surface area is 125 Å². The Hall–Kier alpha value is -1.79. The Bertz CT molecular complexity index is 391. The molecule has 0 bridgehead atoms. The molecule has 0 aromatic heterocycles. The predicted molar refractivity (Wildman–Crippen MR) is 73.2 cm³/mol. The van der Waals surface area contributed by atoms with Gasteiger partial charge in [-0.25, -0.2) is 9.59 Å². The van der Waals surface area contributed by atoms with Gasteiger partial charge >= 0.3 is 12.1 Å². The van der Waals surface area contributed by atoms with Crippen LogP contribution in [0, 0.1) is 0 Å². The van der Waals surface area contributed by atoms with Crippen molar-refractivity contribution < 1.29 is 29.0 Å². The third kappa shape index (κ3) is 10.6. The van der Waals surface area contributed by atoms with E-state index < -0.39 is 35.3 Å². The monoisotopic (exact) mass is 302 g/mol. The lowest BCUT2D eigenvalue weighted by molar-refractivity contribution is -0.305. The zero-order valence-corrected chi connectivity index (χ0v) is 13.4. The number of carboxylic acids is 1. The van der Waals surface area contributed by atoms with Crippen molar-refractivity contribution in [2.45, 2.75) is 71.6 Å². The molecule has 7 nitrogen and oxygen atoms in total. The van der Waals surface area contributed by atoms with Crippen molar-refractivity contribution in [3.05, 3.63) is 0 Å². The van der Waals surface area contributed by atoms with Gasteiger partial charge in [0, 0.05) is 5.97 Å². The van der Waals surface area contributed by atoms with E-state index in [1.807, 2.05) is 0 Å². The summed E-state index contributed by atoms with van der Waals surface area (Å²) < 4.78 is 10.2. The Balaban J connectivity index is 4.77. The summed E-state index contributed by atoms with van der Waals surface area (Å²) in [6.07, 6.45) is -1.31. The van der Waals surface area contributed by atoms with Gasteiger partial charge < -0.3 is 24.7 Å². The normalized spacial score (nSPS) is 13.2. The maximum atomic E-state index is 12.0. The van der Waals surface area contributed by atoms with Crippen LogP contribution in [-0.2, 0) is 19.1 Å². The van der Waals surface area contributed by atoms with Crippen LogP contribution < -0.4 is 10.4 Å². The average molecular weight is 302 g/mol. The fourth-order valence-electron chi connectivity index (χ4n) is 1.33. The lowest BCUT2D eigenvalue weighted by Crippen LogP contribution is -2.46. The summed E-state index contributed by atoms with van der Waals surface area (Å²) >= 11 is 0. The zero-order valence-electron chi connectivity index (χ0n) is 13.4. The fourth-order valence-corrected chi connectivity index (χ4v) is 1.33. The Kier molecular flexibility index (Phi) is 6.66. The number of rotatable bonds is 5. The molecule has 0 saturated heterocycles. The Morgan fingerprint density at radius 2 is 1.48 bits per heavy atom. The summed E-state index contributed by atoms with van der Waals surface area (Å²) in [7, 11) is 0. The molecule has 0 radical (unpaired) electrons. The molecule has 1 atom stereocenters. The molecule has 0 rings (SSSR count). The number of hydrogen-bond donors (Lipinski definition) is 1. The highest BCUT2D eigenvalue weighted by Crippen LogP contribution is 2.12. The molecule has 0 heterocycles. The van der Waals surface area contributed by atoms with E-state index in [0.29, 0.717) is 0 Å². The number of esters is 1. The van der Waals surface area contributed by atoms with Crippen molar-refractivity contribution in [2.75, 3.05) is 0 Å². The molecule has 0 saturated carbocycles. The number of ether oxygens (including phenoxy) is 2. The van der Waals surface area contributed by atoms with E-state index in [0.717, 1.165) is 0 Å². The summed E-state index contributed by atoms with van der Waals surface area (Å²) in [5.41, 5.74) is -1.47. The van der Waals surface area contributed by atoms with Gasteiger partial charge in [-0.1, -0.05) is 0 Å². The SMILES string of the molecule is CC(C)(C)OC(=O)N[C@H](CCC(=O)[O-])C(=O)OC(C)(C)C. The smallest absolute Gasteiger partial charge is 0.408 e. The van der Waals surface area contributed by atoms with E-state index in [1.165, 1.54) is 0 Å². The van der Waals surface area contributed by atoms with Gasteiger partial charge in [0.05, 0.1) is 0 Å². The van der Waals surface area contributed by atoms with Crippen LogP contribution in [0.2, 0.25) is 0 Å². The van der Waals surface area contributed by atoms with Gasteiger partial charge in [-0.05, 0) is 54.4 Å². The van der Waals surface area contributed by atoms with E-state index in [2.05, 4.69) is 5.32 Å². The molecule has 0 fully saturated rings. The molecule has 0 aromatic carbocycles. The molecule has 0 aliphatic carbocycles. The summed E-state index contributed by atoms with van der Waals surface area (Å²) in [5.74, 6) is -2.02. The maximum absolute atomic E-state index is 12.0. The minimum atomic E-state index is -1.31. The van der Waals surface area contributed by atoms with E-state index in [4.69, 9.17) is 9.47 Å². The summed E-state index contributed by atoms with van der Waals surface area (Å²) in [6.45, 7) is 10.1. The van der Waals surface area contributed by atoms with Gasteiger partial charge in [-0.2, -0.15) is 0 Å². The van der Waals surface area contributed by atoms with Crippen molar-refractivity contribution >= 4 is 18.0 Å². The van der Waals surface area contributed by atoms with E-state index in [9.17, 15) is 19.5 Å². The van der Waals surface area contributed by atoms with Crippen LogP contribution in [0.15, 0.2) is 0 Å². The molecular formula is C14H24NO6-. The second-order valence-corrected chi connectivity index (χ2v) is 6.64. The lowest BCUT2D eigenvalue weighted by Gasteiger charge is -2.26. The topological polar surface area (TPSA) is 105 Å². The fraction of sp³-hybridized carbons (Fsp3) is 0.786. The number of nitrogens with one attached hydrogen (secondary N) is 1. The van der Waals surface area contributed by atoms with Crippen LogP contribution in [0.3, 0.4) is 0 Å². The van der Waals surface area contributed by atoms with Crippen LogP contribution in [0.5, 0.6) is 0 Å². The minimum Gasteiger partial charge on any atom is -0.550 e. The van der Waals surface area contributed by atoms with Gasteiger partial charge in [-0.15, -0.1) is 0 Å². The van der Waals surface area contributed by atoms with E-state index in [1.54, 1.807) is 41.5 Å². The predicted octanol–water partition coefficient (Wildman–Crippen LogP) is 0.751. The van der Waals surface area contributed by atoms with Gasteiger partial charge in [0.25, 0.3) is 0 Å². The highest BCUT2D eigenvalue weighted by atomic mass is 16.6. The number of carbonyl (C=O) groups is 3. The molecule has 0 unspecified atom stereocenters. The molecular weight excluding hydrogens is 278 g/mol. The lowest BCUT2D eigenvalue weighted by atomic mass is 10.1. The number of aliphatic carboxylic acids is 1. The number of hydrogen-bond acceptors (Lipinski definition) is 6. The number of amides is 1. The molecule has 0 spiro atoms. The molecule has 0 aliphatic heterocycles. The second-order valence-electron chi connectivity index (χ2n) is 6.64. The van der Waals surface area contributed by atoms with E-state index in [-0.39, 0.29) is 12.8 Å². The van der Waals surface area contributed by atoms with Crippen LogP contribution in [0.25, 0.3) is 0 Å². The van der Waals surface area contributed by atoms with Crippen LogP contribution in [0.4, 0.5) is 4.79 Å². The molecule has 0 aromatic rings. The standard InChI is InChI=1S/C14H25NO6/c1-13(2,3)20-11(18)9(7-8-10(16)17)15-12(19)21-14(4,5)6/h9H,7-8H2,1-6H3,(H,15,19)(H,16,17)/p-1/t9-/m1/s1. The minimum absolute atomic E-state index is 0.128. The van der Waals surface area contributed by atoms with E-state index >= 15 is 0 Å². The van der Waals surface area contributed by atoms with Gasteiger partial charge in [-0.3, -0.25) is 0 Å². The average Bonchev–Trinajstić information content (AvgIpc) is 2.18. The molecule has 7 heteroatoms. The molecule has 0 aliphatic rings.